The van der Waals surface area contributed by atoms with E-state index < -0.39 is 0 Å². The first-order valence-electron chi connectivity index (χ1n) is 9.70. The van der Waals surface area contributed by atoms with Crippen LogP contribution in [0.25, 0.3) is 5.65 Å². The molecule has 4 heterocycles. The number of hydrogen-bond donors (Lipinski definition) is 2. The van der Waals surface area contributed by atoms with Crippen LogP contribution in [0.5, 0.6) is 0 Å². The third-order valence-electron chi connectivity index (χ3n) is 5.11. The molecule has 29 heavy (non-hydrogen) atoms. The standard InChI is InChI=1S/C20H25N7O2/c1-12-16(17(28)24-19(22-12)20(2,3)4)18(29)26-9-7-13(11-26)23-14-5-6-15-21-8-10-27(15)25-14/h5-6,8,10,13H,7,9,11H2,1-4H3,(H,23,25)(H,22,24,28). The lowest BCUT2D eigenvalue weighted by Crippen LogP contribution is -2.37. The number of rotatable bonds is 3. The highest BCUT2D eigenvalue weighted by atomic mass is 16.2. The summed E-state index contributed by atoms with van der Waals surface area (Å²) in [5.41, 5.74) is 0.692. The van der Waals surface area contributed by atoms with Gasteiger partial charge in [0.05, 0.1) is 5.69 Å². The summed E-state index contributed by atoms with van der Waals surface area (Å²) in [6.45, 7) is 8.70. The van der Waals surface area contributed by atoms with Crippen molar-refractivity contribution < 1.29 is 4.79 Å². The molecule has 0 spiro atoms. The summed E-state index contributed by atoms with van der Waals surface area (Å²) >= 11 is 0. The van der Waals surface area contributed by atoms with Crippen LogP contribution in [-0.4, -0.2) is 54.5 Å². The Bertz CT molecular complexity index is 1130. The highest BCUT2D eigenvalue weighted by molar-refractivity contribution is 5.95. The molecule has 1 fully saturated rings. The summed E-state index contributed by atoms with van der Waals surface area (Å²) in [5.74, 6) is 1.03. The highest BCUT2D eigenvalue weighted by Gasteiger charge is 2.30. The Morgan fingerprint density at radius 2 is 2.10 bits per heavy atom. The van der Waals surface area contributed by atoms with Crippen molar-refractivity contribution in [3.63, 3.8) is 0 Å². The van der Waals surface area contributed by atoms with E-state index in [9.17, 15) is 9.59 Å². The van der Waals surface area contributed by atoms with E-state index in [4.69, 9.17) is 0 Å². The number of carbonyl (C=O) groups excluding carboxylic acids is 1. The van der Waals surface area contributed by atoms with Gasteiger partial charge >= 0.3 is 0 Å². The summed E-state index contributed by atoms with van der Waals surface area (Å²) < 4.78 is 1.70. The zero-order valence-corrected chi connectivity index (χ0v) is 17.1. The first kappa shape index (κ1) is 19.1. The minimum atomic E-state index is -0.379. The summed E-state index contributed by atoms with van der Waals surface area (Å²) in [6, 6.07) is 3.82. The maximum absolute atomic E-state index is 13.0. The van der Waals surface area contributed by atoms with Gasteiger partial charge in [0.25, 0.3) is 11.5 Å². The quantitative estimate of drug-likeness (QED) is 0.699. The van der Waals surface area contributed by atoms with Gasteiger partial charge in [-0.15, -0.1) is 5.10 Å². The molecule has 9 nitrogen and oxygen atoms in total. The number of H-pyrrole nitrogens is 1. The Morgan fingerprint density at radius 3 is 2.83 bits per heavy atom. The van der Waals surface area contributed by atoms with Gasteiger partial charge in [-0.1, -0.05) is 20.8 Å². The van der Waals surface area contributed by atoms with Gasteiger partial charge in [-0.2, -0.15) is 0 Å². The summed E-state index contributed by atoms with van der Waals surface area (Å²) in [7, 11) is 0. The second kappa shape index (κ2) is 6.98. The predicted molar refractivity (Wildman–Crippen MR) is 109 cm³/mol. The van der Waals surface area contributed by atoms with Crippen molar-refractivity contribution in [2.45, 2.75) is 45.6 Å². The average molecular weight is 395 g/mol. The number of anilines is 1. The van der Waals surface area contributed by atoms with Crippen LogP contribution in [0.3, 0.4) is 0 Å². The van der Waals surface area contributed by atoms with Crippen LogP contribution >= 0.6 is 0 Å². The van der Waals surface area contributed by atoms with Crippen LogP contribution in [0, 0.1) is 6.92 Å². The van der Waals surface area contributed by atoms with Crippen molar-refractivity contribution in [1.82, 2.24) is 29.5 Å². The molecule has 2 N–H and O–H groups in total. The van der Waals surface area contributed by atoms with Gasteiger partial charge in [0, 0.05) is 36.9 Å². The van der Waals surface area contributed by atoms with E-state index in [-0.39, 0.29) is 28.5 Å². The number of nitrogens with one attached hydrogen (secondary N) is 2. The zero-order chi connectivity index (χ0) is 20.8. The smallest absolute Gasteiger partial charge is 0.264 e. The normalized spacial score (nSPS) is 17.1. The summed E-state index contributed by atoms with van der Waals surface area (Å²) in [4.78, 5) is 38.7. The number of carbonyl (C=O) groups is 1. The molecule has 4 rings (SSSR count). The van der Waals surface area contributed by atoms with Crippen LogP contribution in [0.1, 0.15) is 49.1 Å². The fraction of sp³-hybridized carbons (Fsp3) is 0.450. The SMILES string of the molecule is Cc1nc(C(C)(C)C)[nH]c(=O)c1C(=O)N1CCC(Nc2ccc3nccn3n2)C1. The Labute approximate surface area is 168 Å². The van der Waals surface area contributed by atoms with Gasteiger partial charge in [0.15, 0.2) is 5.65 Å². The van der Waals surface area contributed by atoms with Gasteiger partial charge < -0.3 is 15.2 Å². The number of imidazole rings is 1. The van der Waals surface area contributed by atoms with E-state index >= 15 is 0 Å². The maximum Gasteiger partial charge on any atom is 0.264 e. The number of likely N-dealkylation sites (tertiary alicyclic amines) is 1. The Morgan fingerprint density at radius 1 is 1.31 bits per heavy atom. The fourth-order valence-electron chi connectivity index (χ4n) is 3.51. The molecule has 1 aliphatic heterocycles. The molecule has 0 aliphatic carbocycles. The minimum Gasteiger partial charge on any atom is -0.364 e. The van der Waals surface area contributed by atoms with E-state index in [0.29, 0.717) is 24.6 Å². The predicted octanol–water partition coefficient (Wildman–Crippen LogP) is 1.75. The molecule has 1 amide bonds. The summed E-state index contributed by atoms with van der Waals surface area (Å²) in [6.07, 6.45) is 4.26. The Balaban J connectivity index is 1.49. The molecule has 0 bridgehead atoms. The number of aryl methyl sites for hydroxylation is 1. The number of aromatic nitrogens is 5. The van der Waals surface area contributed by atoms with Crippen molar-refractivity contribution in [2.24, 2.45) is 0 Å². The van der Waals surface area contributed by atoms with Crippen LogP contribution in [0.4, 0.5) is 5.82 Å². The lowest BCUT2D eigenvalue weighted by Gasteiger charge is -2.20. The topological polar surface area (TPSA) is 108 Å². The van der Waals surface area contributed by atoms with Crippen LogP contribution in [0.15, 0.2) is 29.3 Å². The van der Waals surface area contributed by atoms with Gasteiger partial charge in [-0.3, -0.25) is 9.59 Å². The van der Waals surface area contributed by atoms with Gasteiger partial charge in [-0.25, -0.2) is 14.5 Å². The molecular weight excluding hydrogens is 370 g/mol. The molecule has 1 unspecified atom stereocenters. The van der Waals surface area contributed by atoms with E-state index in [0.717, 1.165) is 17.9 Å². The van der Waals surface area contributed by atoms with Crippen LogP contribution in [0.2, 0.25) is 0 Å². The first-order valence-corrected chi connectivity index (χ1v) is 9.70. The monoisotopic (exact) mass is 395 g/mol. The fourth-order valence-corrected chi connectivity index (χ4v) is 3.51. The van der Waals surface area contributed by atoms with E-state index in [2.05, 4.69) is 25.4 Å². The largest absolute Gasteiger partial charge is 0.364 e. The van der Waals surface area contributed by atoms with Crippen molar-refractivity contribution in [2.75, 3.05) is 18.4 Å². The third kappa shape index (κ3) is 3.72. The number of amides is 1. The average Bonchev–Trinajstić information content (AvgIpc) is 3.29. The molecule has 0 aromatic carbocycles. The van der Waals surface area contributed by atoms with E-state index in [1.54, 1.807) is 28.7 Å². The lowest BCUT2D eigenvalue weighted by molar-refractivity contribution is 0.0788. The first-order chi connectivity index (χ1) is 13.7. The molecule has 0 radical (unpaired) electrons. The molecule has 1 atom stereocenters. The Hall–Kier alpha value is -3.23. The molecule has 3 aromatic rings. The lowest BCUT2D eigenvalue weighted by atomic mass is 9.95. The molecule has 0 saturated carbocycles. The van der Waals surface area contributed by atoms with Crippen LogP contribution < -0.4 is 10.9 Å². The summed E-state index contributed by atoms with van der Waals surface area (Å²) in [5, 5.41) is 7.82. The molecule has 1 saturated heterocycles. The number of hydrogen-bond acceptors (Lipinski definition) is 6. The third-order valence-corrected chi connectivity index (χ3v) is 5.11. The zero-order valence-electron chi connectivity index (χ0n) is 17.1. The van der Waals surface area contributed by atoms with Crippen LogP contribution in [-0.2, 0) is 5.41 Å². The minimum absolute atomic E-state index is 0.0635. The van der Waals surface area contributed by atoms with Gasteiger partial charge in [0.1, 0.15) is 17.2 Å². The van der Waals surface area contributed by atoms with Crippen molar-refractivity contribution in [3.8, 4) is 0 Å². The van der Waals surface area contributed by atoms with Crippen molar-refractivity contribution in [1.29, 1.82) is 0 Å². The number of fused-ring (bicyclic) bond motifs is 1. The van der Waals surface area contributed by atoms with Crippen molar-refractivity contribution in [3.05, 3.63) is 52.0 Å². The van der Waals surface area contributed by atoms with Gasteiger partial charge in [-0.05, 0) is 25.5 Å². The number of nitrogens with zero attached hydrogens (tertiary/aromatic N) is 5. The second-order valence-corrected chi connectivity index (χ2v) is 8.45. The van der Waals surface area contributed by atoms with E-state index in [1.165, 1.54) is 0 Å². The molecule has 9 heteroatoms. The van der Waals surface area contributed by atoms with Gasteiger partial charge in [0.2, 0.25) is 0 Å². The molecule has 3 aromatic heterocycles. The van der Waals surface area contributed by atoms with E-state index in [1.807, 2.05) is 32.9 Å². The molecule has 1 aliphatic rings. The Kier molecular flexibility index (Phi) is 4.60. The maximum atomic E-state index is 13.0. The number of aromatic amines is 1. The molecule has 152 valence electrons. The highest BCUT2D eigenvalue weighted by Crippen LogP contribution is 2.20. The van der Waals surface area contributed by atoms with Crippen molar-refractivity contribution >= 4 is 17.4 Å². The second-order valence-electron chi connectivity index (χ2n) is 8.45. The molecular formula is C20H25N7O2.